The number of amides is 2. The van der Waals surface area contributed by atoms with E-state index in [9.17, 15) is 18.4 Å². The molecule has 0 bridgehead atoms. The number of rotatable bonds is 5. The van der Waals surface area contributed by atoms with Crippen LogP contribution >= 0.6 is 0 Å². The molecule has 2 amide bonds. The molecule has 1 fully saturated rings. The van der Waals surface area contributed by atoms with Crippen LogP contribution in [-0.2, 0) is 9.59 Å². The smallest absolute Gasteiger partial charge is 0.240 e. The van der Waals surface area contributed by atoms with Crippen LogP contribution in [0, 0.1) is 29.9 Å². The predicted octanol–water partition coefficient (Wildman–Crippen LogP) is 0.934. The van der Waals surface area contributed by atoms with Crippen LogP contribution in [-0.4, -0.2) is 24.9 Å². The van der Waals surface area contributed by atoms with E-state index in [0.29, 0.717) is 6.42 Å². The van der Waals surface area contributed by atoms with Gasteiger partial charge in [0, 0.05) is 17.4 Å². The lowest BCUT2D eigenvalue weighted by atomic mass is 10.1. The molecular formula is C15H14F2N2O2. The fourth-order valence-electron chi connectivity index (χ4n) is 2.18. The zero-order valence-electron chi connectivity index (χ0n) is 11.2. The van der Waals surface area contributed by atoms with Crippen molar-refractivity contribution in [3.63, 3.8) is 0 Å². The van der Waals surface area contributed by atoms with E-state index in [0.717, 1.165) is 0 Å². The lowest BCUT2D eigenvalue weighted by molar-refractivity contribution is -0.126. The third-order valence-electron chi connectivity index (χ3n) is 3.31. The molecule has 2 atom stereocenters. The van der Waals surface area contributed by atoms with Crippen molar-refractivity contribution in [3.8, 4) is 12.3 Å². The topological polar surface area (TPSA) is 58.2 Å². The van der Waals surface area contributed by atoms with Crippen LogP contribution in [0.1, 0.15) is 17.9 Å². The first-order chi connectivity index (χ1) is 10.0. The van der Waals surface area contributed by atoms with Crippen molar-refractivity contribution in [2.75, 3.05) is 13.1 Å². The molecule has 1 aliphatic carbocycles. The highest BCUT2D eigenvalue weighted by Gasteiger charge is 2.46. The highest BCUT2D eigenvalue weighted by atomic mass is 19.1. The Morgan fingerprint density at radius 2 is 1.95 bits per heavy atom. The Kier molecular flexibility index (Phi) is 4.53. The molecule has 1 aromatic rings. The highest BCUT2D eigenvalue weighted by molar-refractivity contribution is 5.88. The number of benzene rings is 1. The quantitative estimate of drug-likeness (QED) is 0.793. The zero-order valence-corrected chi connectivity index (χ0v) is 11.2. The summed E-state index contributed by atoms with van der Waals surface area (Å²) in [5.41, 5.74) is -0.0607. The standard InChI is InChI=1S/C15H14F2N2O2/c1-2-6-18-13(20)8-19-15(21)10-7-9(10)14-11(16)4-3-5-12(14)17/h1,3-5,9-10H,6-8H2,(H,18,20)(H,19,21)/t9-,10-/m0/s1. The van der Waals surface area contributed by atoms with Gasteiger partial charge in [-0.15, -0.1) is 6.42 Å². The first-order valence-electron chi connectivity index (χ1n) is 6.46. The summed E-state index contributed by atoms with van der Waals surface area (Å²) in [7, 11) is 0. The predicted molar refractivity (Wildman–Crippen MR) is 72.1 cm³/mol. The normalized spacial score (nSPS) is 19.5. The van der Waals surface area contributed by atoms with E-state index in [2.05, 4.69) is 16.6 Å². The Morgan fingerprint density at radius 1 is 1.29 bits per heavy atom. The van der Waals surface area contributed by atoms with Crippen molar-refractivity contribution < 1.29 is 18.4 Å². The van der Waals surface area contributed by atoms with Crippen molar-refractivity contribution in [2.45, 2.75) is 12.3 Å². The summed E-state index contributed by atoms with van der Waals surface area (Å²) < 4.78 is 27.2. The number of carbonyl (C=O) groups is 2. The summed E-state index contributed by atoms with van der Waals surface area (Å²) in [6.07, 6.45) is 5.35. The summed E-state index contributed by atoms with van der Waals surface area (Å²) in [6.45, 7) is -0.120. The molecular weight excluding hydrogens is 278 g/mol. The monoisotopic (exact) mass is 292 g/mol. The Hall–Kier alpha value is -2.42. The molecule has 0 aromatic heterocycles. The van der Waals surface area contributed by atoms with Crippen LogP contribution in [0.4, 0.5) is 8.78 Å². The highest BCUT2D eigenvalue weighted by Crippen LogP contribution is 2.49. The van der Waals surface area contributed by atoms with Crippen molar-refractivity contribution in [3.05, 3.63) is 35.4 Å². The second-order valence-electron chi connectivity index (χ2n) is 4.78. The molecule has 4 nitrogen and oxygen atoms in total. The maximum Gasteiger partial charge on any atom is 0.240 e. The third-order valence-corrected chi connectivity index (χ3v) is 3.31. The lowest BCUT2D eigenvalue weighted by Crippen LogP contribution is -2.37. The van der Waals surface area contributed by atoms with Crippen LogP contribution in [0.2, 0.25) is 0 Å². The molecule has 0 unspecified atom stereocenters. The van der Waals surface area contributed by atoms with Crippen molar-refractivity contribution >= 4 is 11.8 Å². The average molecular weight is 292 g/mol. The summed E-state index contributed by atoms with van der Waals surface area (Å²) in [5, 5.41) is 4.83. The van der Waals surface area contributed by atoms with Crippen LogP contribution < -0.4 is 10.6 Å². The van der Waals surface area contributed by atoms with E-state index in [-0.39, 0.29) is 18.7 Å². The molecule has 1 aromatic carbocycles. The van der Waals surface area contributed by atoms with Gasteiger partial charge in [0.25, 0.3) is 0 Å². The molecule has 110 valence electrons. The summed E-state index contributed by atoms with van der Waals surface area (Å²) in [4.78, 5) is 23.1. The summed E-state index contributed by atoms with van der Waals surface area (Å²) >= 11 is 0. The van der Waals surface area contributed by atoms with Gasteiger partial charge in [-0.3, -0.25) is 9.59 Å². The van der Waals surface area contributed by atoms with Gasteiger partial charge >= 0.3 is 0 Å². The largest absolute Gasteiger partial charge is 0.347 e. The van der Waals surface area contributed by atoms with Gasteiger partial charge in [0.2, 0.25) is 11.8 Å². The van der Waals surface area contributed by atoms with Crippen LogP contribution in [0.25, 0.3) is 0 Å². The number of hydrogen-bond acceptors (Lipinski definition) is 2. The van der Waals surface area contributed by atoms with Gasteiger partial charge in [-0.1, -0.05) is 12.0 Å². The Morgan fingerprint density at radius 3 is 2.57 bits per heavy atom. The van der Waals surface area contributed by atoms with E-state index in [1.807, 2.05) is 0 Å². The van der Waals surface area contributed by atoms with Gasteiger partial charge < -0.3 is 10.6 Å². The van der Waals surface area contributed by atoms with Gasteiger partial charge in [0.1, 0.15) is 11.6 Å². The Balaban J connectivity index is 1.87. The second-order valence-corrected chi connectivity index (χ2v) is 4.78. The molecule has 21 heavy (non-hydrogen) atoms. The molecule has 2 N–H and O–H groups in total. The fourth-order valence-corrected chi connectivity index (χ4v) is 2.18. The molecule has 1 aliphatic rings. The molecule has 6 heteroatoms. The Labute approximate surface area is 120 Å². The van der Waals surface area contributed by atoms with Crippen LogP contribution in [0.5, 0.6) is 0 Å². The van der Waals surface area contributed by atoms with E-state index < -0.39 is 35.3 Å². The molecule has 0 spiro atoms. The average Bonchev–Trinajstić information content (AvgIpc) is 3.22. The molecule has 1 saturated carbocycles. The molecule has 2 rings (SSSR count). The van der Waals surface area contributed by atoms with E-state index in [1.54, 1.807) is 0 Å². The van der Waals surface area contributed by atoms with E-state index >= 15 is 0 Å². The lowest BCUT2D eigenvalue weighted by Gasteiger charge is -2.06. The molecule has 0 aliphatic heterocycles. The number of halogens is 2. The summed E-state index contributed by atoms with van der Waals surface area (Å²) in [5.74, 6) is -0.840. The van der Waals surface area contributed by atoms with Gasteiger partial charge in [-0.2, -0.15) is 0 Å². The minimum absolute atomic E-state index is 0.0607. The van der Waals surface area contributed by atoms with Crippen molar-refractivity contribution in [2.24, 2.45) is 5.92 Å². The minimum atomic E-state index is -0.651. The number of hydrogen-bond donors (Lipinski definition) is 2. The van der Waals surface area contributed by atoms with Gasteiger partial charge in [-0.25, -0.2) is 8.78 Å². The first-order valence-corrected chi connectivity index (χ1v) is 6.46. The SMILES string of the molecule is C#CCNC(=O)CNC(=O)[C@H]1C[C@@H]1c1c(F)cccc1F. The maximum absolute atomic E-state index is 13.6. The Bertz CT molecular complexity index is 590. The van der Waals surface area contributed by atoms with Crippen LogP contribution in [0.3, 0.4) is 0 Å². The maximum atomic E-state index is 13.6. The zero-order chi connectivity index (χ0) is 15.4. The van der Waals surface area contributed by atoms with Crippen molar-refractivity contribution in [1.82, 2.24) is 10.6 Å². The minimum Gasteiger partial charge on any atom is -0.347 e. The van der Waals surface area contributed by atoms with E-state index in [4.69, 9.17) is 6.42 Å². The second kappa shape index (κ2) is 6.35. The molecule has 0 heterocycles. The van der Waals surface area contributed by atoms with Gasteiger partial charge in [0.15, 0.2) is 0 Å². The van der Waals surface area contributed by atoms with Crippen molar-refractivity contribution in [1.29, 1.82) is 0 Å². The fraction of sp³-hybridized carbons (Fsp3) is 0.333. The number of carbonyl (C=O) groups excluding carboxylic acids is 2. The third kappa shape index (κ3) is 3.57. The van der Waals surface area contributed by atoms with E-state index in [1.165, 1.54) is 18.2 Å². The number of terminal acetylenes is 1. The first kappa shape index (κ1) is 15.0. The van der Waals surface area contributed by atoms with Gasteiger partial charge in [0.05, 0.1) is 13.1 Å². The summed E-state index contributed by atoms with van der Waals surface area (Å²) in [6, 6.07) is 3.61. The number of nitrogens with one attached hydrogen (secondary N) is 2. The molecule has 0 saturated heterocycles. The van der Waals surface area contributed by atoms with Gasteiger partial charge in [-0.05, 0) is 18.6 Å². The van der Waals surface area contributed by atoms with Crippen LogP contribution in [0.15, 0.2) is 18.2 Å². The molecule has 0 radical (unpaired) electrons.